The molecular weight excluding hydrogens is 235 g/mol. The van der Waals surface area contributed by atoms with Crippen molar-refractivity contribution in [1.82, 2.24) is 5.48 Å². The number of hydrogen-bond donors (Lipinski definition) is 2. The van der Waals surface area contributed by atoms with Crippen LogP contribution in [0.5, 0.6) is 0 Å². The molecule has 1 rings (SSSR count). The molecule has 1 aliphatic heterocycles. The van der Waals surface area contributed by atoms with Crippen LogP contribution in [0.2, 0.25) is 0 Å². The van der Waals surface area contributed by atoms with E-state index in [2.05, 4.69) is 10.2 Å². The van der Waals surface area contributed by atoms with Gasteiger partial charge in [-0.2, -0.15) is 13.2 Å². The molecule has 1 unspecified atom stereocenters. The normalized spacial score (nSPS) is 19.6. The van der Waals surface area contributed by atoms with Crippen LogP contribution < -0.4 is 5.48 Å². The number of nitrogens with one attached hydrogen (secondary N) is 1. The summed E-state index contributed by atoms with van der Waals surface area (Å²) in [6, 6.07) is 0. The van der Waals surface area contributed by atoms with Gasteiger partial charge in [0, 0.05) is 6.54 Å². The van der Waals surface area contributed by atoms with Gasteiger partial charge in [-0.25, -0.2) is 10.3 Å². The molecule has 0 spiro atoms. The van der Waals surface area contributed by atoms with Crippen LogP contribution in [0, 0.1) is 5.92 Å². The van der Waals surface area contributed by atoms with Crippen molar-refractivity contribution >= 4 is 11.9 Å². The largest absolute Gasteiger partial charge is 0.490 e. The van der Waals surface area contributed by atoms with Crippen LogP contribution >= 0.6 is 0 Å². The number of carboxylic acids is 1. The maximum atomic E-state index is 10.7. The Kier molecular flexibility index (Phi) is 5.75. The van der Waals surface area contributed by atoms with Gasteiger partial charge in [-0.3, -0.25) is 4.79 Å². The number of carboxylic acid groups (broad SMARTS) is 1. The van der Waals surface area contributed by atoms with E-state index in [0.29, 0.717) is 13.2 Å². The Hall–Kier alpha value is -1.35. The lowest BCUT2D eigenvalue weighted by Crippen LogP contribution is -2.21. The lowest BCUT2D eigenvalue weighted by molar-refractivity contribution is -0.192. The van der Waals surface area contributed by atoms with Gasteiger partial charge in [-0.1, -0.05) is 0 Å². The summed E-state index contributed by atoms with van der Waals surface area (Å²) >= 11 is 0. The van der Waals surface area contributed by atoms with Crippen LogP contribution in [-0.2, 0) is 19.2 Å². The van der Waals surface area contributed by atoms with E-state index in [-0.39, 0.29) is 11.9 Å². The first kappa shape index (κ1) is 14.6. The molecule has 0 saturated carbocycles. The van der Waals surface area contributed by atoms with E-state index in [1.165, 1.54) is 7.11 Å². The summed E-state index contributed by atoms with van der Waals surface area (Å²) in [6.45, 7) is 0.985. The first-order valence-electron chi connectivity index (χ1n) is 4.01. The topological polar surface area (TPSA) is 84.9 Å². The number of hydrogen-bond acceptors (Lipinski definition) is 5. The molecule has 0 amide bonds. The van der Waals surface area contributed by atoms with E-state index in [1.54, 1.807) is 0 Å². The Balaban J connectivity index is 0.000000293. The molecule has 1 saturated heterocycles. The van der Waals surface area contributed by atoms with Crippen molar-refractivity contribution in [2.75, 3.05) is 20.3 Å². The van der Waals surface area contributed by atoms with Crippen molar-refractivity contribution in [1.29, 1.82) is 0 Å². The number of methoxy groups -OCH3 is 1. The highest BCUT2D eigenvalue weighted by atomic mass is 19.4. The van der Waals surface area contributed by atoms with Crippen LogP contribution in [0.15, 0.2) is 0 Å². The molecule has 0 aromatic carbocycles. The first-order valence-corrected chi connectivity index (χ1v) is 4.01. The molecule has 16 heavy (non-hydrogen) atoms. The summed E-state index contributed by atoms with van der Waals surface area (Å²) in [7, 11) is 1.38. The second-order valence-corrected chi connectivity index (χ2v) is 2.68. The van der Waals surface area contributed by atoms with Crippen molar-refractivity contribution < 1.29 is 37.4 Å². The van der Waals surface area contributed by atoms with Crippen molar-refractivity contribution in [2.45, 2.75) is 6.18 Å². The third-order valence-corrected chi connectivity index (χ3v) is 1.49. The van der Waals surface area contributed by atoms with Crippen LogP contribution in [0.25, 0.3) is 0 Å². The van der Waals surface area contributed by atoms with E-state index >= 15 is 0 Å². The zero-order valence-electron chi connectivity index (χ0n) is 8.21. The molecule has 0 aromatic rings. The maximum Gasteiger partial charge on any atom is 0.490 e. The minimum atomic E-state index is -5.08. The number of alkyl halides is 3. The Bertz CT molecular complexity index is 249. The lowest BCUT2D eigenvalue weighted by Gasteiger charge is -2.00. The monoisotopic (exact) mass is 245 g/mol. The quantitative estimate of drug-likeness (QED) is 0.630. The highest BCUT2D eigenvalue weighted by Gasteiger charge is 2.38. The molecule has 1 atom stereocenters. The molecule has 94 valence electrons. The standard InChI is InChI=1S/C5H9NO3.C2HF3O2/c1-8-5(7)4-2-6-9-3-4;3-2(4,5)1(6)7/h4,6H,2-3H2,1H3;(H,6,7). The number of hydroxylamine groups is 1. The predicted molar refractivity (Wildman–Crippen MR) is 43.2 cm³/mol. The van der Waals surface area contributed by atoms with E-state index in [4.69, 9.17) is 14.7 Å². The van der Waals surface area contributed by atoms with E-state index in [1.807, 2.05) is 0 Å². The Morgan fingerprint density at radius 1 is 1.50 bits per heavy atom. The van der Waals surface area contributed by atoms with Crippen LogP contribution in [0.3, 0.4) is 0 Å². The molecule has 6 nitrogen and oxygen atoms in total. The molecular formula is C7H10F3NO5. The summed E-state index contributed by atoms with van der Waals surface area (Å²) in [6.07, 6.45) is -5.08. The van der Waals surface area contributed by atoms with Gasteiger partial charge in [0.1, 0.15) is 0 Å². The molecule has 0 aliphatic carbocycles. The minimum Gasteiger partial charge on any atom is -0.475 e. The zero-order valence-corrected chi connectivity index (χ0v) is 8.21. The number of halogens is 3. The Labute approximate surface area is 88.3 Å². The third-order valence-electron chi connectivity index (χ3n) is 1.49. The van der Waals surface area contributed by atoms with Gasteiger partial charge in [0.2, 0.25) is 0 Å². The zero-order chi connectivity index (χ0) is 12.8. The highest BCUT2D eigenvalue weighted by Crippen LogP contribution is 2.13. The van der Waals surface area contributed by atoms with Crippen molar-refractivity contribution in [2.24, 2.45) is 5.92 Å². The fourth-order valence-electron chi connectivity index (χ4n) is 0.696. The lowest BCUT2D eigenvalue weighted by atomic mass is 10.2. The van der Waals surface area contributed by atoms with E-state index < -0.39 is 12.1 Å². The van der Waals surface area contributed by atoms with Crippen LogP contribution in [0.4, 0.5) is 13.2 Å². The number of carbonyl (C=O) groups excluding carboxylic acids is 1. The maximum absolute atomic E-state index is 10.7. The van der Waals surface area contributed by atoms with Crippen molar-refractivity contribution in [3.8, 4) is 0 Å². The van der Waals surface area contributed by atoms with Crippen LogP contribution in [0.1, 0.15) is 0 Å². The van der Waals surface area contributed by atoms with Gasteiger partial charge >= 0.3 is 18.1 Å². The van der Waals surface area contributed by atoms with Gasteiger partial charge in [-0.15, -0.1) is 0 Å². The SMILES string of the molecule is COC(=O)C1CNOC1.O=C(O)C(F)(F)F. The molecule has 0 bridgehead atoms. The Morgan fingerprint density at radius 2 is 2.00 bits per heavy atom. The molecule has 9 heteroatoms. The van der Waals surface area contributed by atoms with Gasteiger partial charge in [0.15, 0.2) is 0 Å². The van der Waals surface area contributed by atoms with Crippen LogP contribution in [-0.4, -0.2) is 43.5 Å². The fraction of sp³-hybridized carbons (Fsp3) is 0.714. The summed E-state index contributed by atoms with van der Waals surface area (Å²) in [4.78, 5) is 24.3. The molecule has 1 fully saturated rings. The number of ether oxygens (including phenoxy) is 1. The first-order chi connectivity index (χ1) is 7.29. The fourth-order valence-corrected chi connectivity index (χ4v) is 0.696. The minimum absolute atomic E-state index is 0.116. The predicted octanol–water partition coefficient (Wildman–Crippen LogP) is -0.0563. The highest BCUT2D eigenvalue weighted by molar-refractivity contribution is 5.73. The van der Waals surface area contributed by atoms with Crippen molar-refractivity contribution in [3.05, 3.63) is 0 Å². The smallest absolute Gasteiger partial charge is 0.475 e. The third kappa shape index (κ3) is 5.51. The van der Waals surface area contributed by atoms with E-state index in [9.17, 15) is 18.0 Å². The summed E-state index contributed by atoms with van der Waals surface area (Å²) in [5.74, 6) is -3.08. The molecule has 1 aliphatic rings. The van der Waals surface area contributed by atoms with Gasteiger partial charge in [0.25, 0.3) is 0 Å². The molecule has 1 heterocycles. The summed E-state index contributed by atoms with van der Waals surface area (Å²) in [5.41, 5.74) is 2.59. The second-order valence-electron chi connectivity index (χ2n) is 2.68. The molecule has 0 radical (unpaired) electrons. The van der Waals surface area contributed by atoms with Gasteiger partial charge in [-0.05, 0) is 0 Å². The average molecular weight is 245 g/mol. The summed E-state index contributed by atoms with van der Waals surface area (Å²) < 4.78 is 36.2. The van der Waals surface area contributed by atoms with Gasteiger partial charge < -0.3 is 14.7 Å². The van der Waals surface area contributed by atoms with Gasteiger partial charge in [0.05, 0.1) is 19.6 Å². The number of rotatable bonds is 1. The van der Waals surface area contributed by atoms with Crippen molar-refractivity contribution in [3.63, 3.8) is 0 Å². The molecule has 2 N–H and O–H groups in total. The second kappa shape index (κ2) is 6.28. The Morgan fingerprint density at radius 3 is 2.25 bits per heavy atom. The van der Waals surface area contributed by atoms with E-state index in [0.717, 1.165) is 0 Å². The average Bonchev–Trinajstić information content (AvgIpc) is 2.69. The molecule has 0 aromatic heterocycles. The number of carbonyl (C=O) groups is 2. The summed E-state index contributed by atoms with van der Waals surface area (Å²) in [5, 5.41) is 7.12. The number of esters is 1. The number of aliphatic carboxylic acids is 1.